The molecule has 0 unspecified atom stereocenters. The number of pyridine rings is 1. The quantitative estimate of drug-likeness (QED) is 0.742. The van der Waals surface area contributed by atoms with Gasteiger partial charge in [0.1, 0.15) is 5.82 Å². The van der Waals surface area contributed by atoms with Crippen molar-refractivity contribution in [1.82, 2.24) is 15.6 Å². The molecule has 0 saturated carbocycles. The third-order valence-electron chi connectivity index (χ3n) is 4.00. The van der Waals surface area contributed by atoms with Gasteiger partial charge in [0, 0.05) is 48.9 Å². The SMILES string of the molecule is CC(=O)NCc1ccc(CNC(=O)c2ccc3ccncc3c2)cc1F. The van der Waals surface area contributed by atoms with Crippen LogP contribution in [0.3, 0.4) is 0 Å². The van der Waals surface area contributed by atoms with E-state index in [4.69, 9.17) is 0 Å². The molecule has 132 valence electrons. The molecule has 0 fully saturated rings. The zero-order valence-corrected chi connectivity index (χ0v) is 14.3. The Kier molecular flexibility index (Phi) is 5.22. The standard InChI is InChI=1S/C20H18FN3O2/c1-13(25)23-12-17-3-2-14(8-19(17)21)10-24-20(26)16-5-4-15-6-7-22-11-18(15)9-16/h2-9,11H,10,12H2,1H3,(H,23,25)(H,24,26). The summed E-state index contributed by atoms with van der Waals surface area (Å²) in [6, 6.07) is 12.0. The molecule has 1 aromatic heterocycles. The number of hydrogen-bond donors (Lipinski definition) is 2. The van der Waals surface area contributed by atoms with E-state index < -0.39 is 5.82 Å². The van der Waals surface area contributed by atoms with Gasteiger partial charge in [-0.3, -0.25) is 14.6 Å². The van der Waals surface area contributed by atoms with Crippen LogP contribution in [0.15, 0.2) is 54.9 Å². The Labute approximate surface area is 150 Å². The van der Waals surface area contributed by atoms with Gasteiger partial charge in [-0.05, 0) is 35.2 Å². The maximum Gasteiger partial charge on any atom is 0.251 e. The van der Waals surface area contributed by atoms with Gasteiger partial charge in [0.25, 0.3) is 5.91 Å². The summed E-state index contributed by atoms with van der Waals surface area (Å²) >= 11 is 0. The first-order valence-corrected chi connectivity index (χ1v) is 8.16. The van der Waals surface area contributed by atoms with E-state index in [1.54, 1.807) is 36.7 Å². The van der Waals surface area contributed by atoms with Gasteiger partial charge >= 0.3 is 0 Å². The molecular formula is C20H18FN3O2. The second kappa shape index (κ2) is 7.74. The van der Waals surface area contributed by atoms with E-state index in [1.807, 2.05) is 12.1 Å². The van der Waals surface area contributed by atoms with Gasteiger partial charge in [0.2, 0.25) is 5.91 Å². The molecule has 0 radical (unpaired) electrons. The van der Waals surface area contributed by atoms with Crippen molar-refractivity contribution in [2.75, 3.05) is 0 Å². The molecule has 0 atom stereocenters. The predicted octanol–water partition coefficient (Wildman–Crippen LogP) is 2.94. The maximum atomic E-state index is 14.1. The van der Waals surface area contributed by atoms with Crippen LogP contribution in [0, 0.1) is 5.82 Å². The Bertz CT molecular complexity index is 972. The highest BCUT2D eigenvalue weighted by Gasteiger charge is 2.08. The lowest BCUT2D eigenvalue weighted by Crippen LogP contribution is -2.23. The lowest BCUT2D eigenvalue weighted by atomic mass is 10.1. The summed E-state index contributed by atoms with van der Waals surface area (Å²) in [5.74, 6) is -0.868. The first kappa shape index (κ1) is 17.5. The monoisotopic (exact) mass is 351 g/mol. The first-order chi connectivity index (χ1) is 12.5. The number of rotatable bonds is 5. The van der Waals surface area contributed by atoms with E-state index in [0.717, 1.165) is 10.8 Å². The zero-order chi connectivity index (χ0) is 18.5. The van der Waals surface area contributed by atoms with Gasteiger partial charge in [-0.25, -0.2) is 4.39 Å². The fraction of sp³-hybridized carbons (Fsp3) is 0.150. The molecule has 0 aliphatic carbocycles. The molecule has 3 rings (SSSR count). The van der Waals surface area contributed by atoms with Crippen LogP contribution in [0.25, 0.3) is 10.8 Å². The molecular weight excluding hydrogens is 333 g/mol. The van der Waals surface area contributed by atoms with Crippen molar-refractivity contribution in [3.8, 4) is 0 Å². The van der Waals surface area contributed by atoms with Crippen LogP contribution in [-0.2, 0) is 17.9 Å². The number of carbonyl (C=O) groups is 2. The van der Waals surface area contributed by atoms with Crippen LogP contribution < -0.4 is 10.6 Å². The first-order valence-electron chi connectivity index (χ1n) is 8.16. The number of nitrogens with one attached hydrogen (secondary N) is 2. The van der Waals surface area contributed by atoms with E-state index in [-0.39, 0.29) is 24.9 Å². The van der Waals surface area contributed by atoms with Crippen molar-refractivity contribution < 1.29 is 14.0 Å². The van der Waals surface area contributed by atoms with Gasteiger partial charge in [-0.15, -0.1) is 0 Å². The summed E-state index contributed by atoms with van der Waals surface area (Å²) in [5, 5.41) is 7.23. The second-order valence-electron chi connectivity index (χ2n) is 5.96. The van der Waals surface area contributed by atoms with Crippen molar-refractivity contribution >= 4 is 22.6 Å². The van der Waals surface area contributed by atoms with Gasteiger partial charge in [0.05, 0.1) is 0 Å². The molecule has 2 N–H and O–H groups in total. The summed E-state index contributed by atoms with van der Waals surface area (Å²) in [5.41, 5.74) is 1.57. The maximum absolute atomic E-state index is 14.1. The topological polar surface area (TPSA) is 71.1 Å². The fourth-order valence-corrected chi connectivity index (χ4v) is 2.57. The third-order valence-corrected chi connectivity index (χ3v) is 4.00. The molecule has 5 nitrogen and oxygen atoms in total. The number of carbonyl (C=O) groups excluding carboxylic acids is 2. The number of aromatic nitrogens is 1. The summed E-state index contributed by atoms with van der Waals surface area (Å²) < 4.78 is 14.1. The minimum atomic E-state index is -0.415. The van der Waals surface area contributed by atoms with Crippen molar-refractivity contribution in [3.05, 3.63) is 77.4 Å². The molecule has 3 aromatic rings. The van der Waals surface area contributed by atoms with Crippen molar-refractivity contribution in [2.24, 2.45) is 0 Å². The lowest BCUT2D eigenvalue weighted by Gasteiger charge is -2.09. The van der Waals surface area contributed by atoms with Crippen molar-refractivity contribution in [2.45, 2.75) is 20.0 Å². The molecule has 26 heavy (non-hydrogen) atoms. The molecule has 1 heterocycles. The smallest absolute Gasteiger partial charge is 0.251 e. The van der Waals surface area contributed by atoms with Crippen LogP contribution in [0.5, 0.6) is 0 Å². The number of fused-ring (bicyclic) bond motifs is 1. The summed E-state index contributed by atoms with van der Waals surface area (Å²) in [6.45, 7) is 1.73. The van der Waals surface area contributed by atoms with Gasteiger partial charge in [-0.1, -0.05) is 18.2 Å². The van der Waals surface area contributed by atoms with Crippen LogP contribution in [0.2, 0.25) is 0 Å². The normalized spacial score (nSPS) is 10.5. The number of halogens is 1. The highest BCUT2D eigenvalue weighted by Crippen LogP contribution is 2.15. The van der Waals surface area contributed by atoms with Crippen molar-refractivity contribution in [1.29, 1.82) is 0 Å². The number of nitrogens with zero attached hydrogens (tertiary/aromatic N) is 1. The molecule has 0 aliphatic heterocycles. The van der Waals surface area contributed by atoms with E-state index in [0.29, 0.717) is 16.7 Å². The van der Waals surface area contributed by atoms with Crippen molar-refractivity contribution in [3.63, 3.8) is 0 Å². The zero-order valence-electron chi connectivity index (χ0n) is 14.3. The fourth-order valence-electron chi connectivity index (χ4n) is 2.57. The Morgan fingerprint density at radius 3 is 2.62 bits per heavy atom. The molecule has 6 heteroatoms. The number of amides is 2. The van der Waals surface area contributed by atoms with Crippen LogP contribution >= 0.6 is 0 Å². The largest absolute Gasteiger partial charge is 0.352 e. The average Bonchev–Trinajstić information content (AvgIpc) is 2.64. The predicted molar refractivity (Wildman–Crippen MR) is 96.8 cm³/mol. The molecule has 0 spiro atoms. The second-order valence-corrected chi connectivity index (χ2v) is 5.96. The van der Waals surface area contributed by atoms with E-state index in [9.17, 15) is 14.0 Å². The van der Waals surface area contributed by atoms with Crippen LogP contribution in [0.1, 0.15) is 28.4 Å². The Morgan fingerprint density at radius 1 is 1.00 bits per heavy atom. The molecule has 0 saturated heterocycles. The van der Waals surface area contributed by atoms with E-state index in [1.165, 1.54) is 13.0 Å². The molecule has 2 amide bonds. The molecule has 0 aliphatic rings. The summed E-state index contributed by atoms with van der Waals surface area (Å²) in [4.78, 5) is 27.3. The number of benzene rings is 2. The summed E-state index contributed by atoms with van der Waals surface area (Å²) in [7, 11) is 0. The molecule has 0 bridgehead atoms. The van der Waals surface area contributed by atoms with Gasteiger partial charge < -0.3 is 10.6 Å². The average molecular weight is 351 g/mol. The Hall–Kier alpha value is -3.28. The summed E-state index contributed by atoms with van der Waals surface area (Å²) in [6.07, 6.45) is 3.40. The van der Waals surface area contributed by atoms with E-state index >= 15 is 0 Å². The Morgan fingerprint density at radius 2 is 1.85 bits per heavy atom. The minimum Gasteiger partial charge on any atom is -0.352 e. The lowest BCUT2D eigenvalue weighted by molar-refractivity contribution is -0.119. The van der Waals surface area contributed by atoms with Gasteiger partial charge in [0.15, 0.2) is 0 Å². The van der Waals surface area contributed by atoms with Crippen LogP contribution in [0.4, 0.5) is 4.39 Å². The van der Waals surface area contributed by atoms with E-state index in [2.05, 4.69) is 15.6 Å². The highest BCUT2D eigenvalue weighted by atomic mass is 19.1. The van der Waals surface area contributed by atoms with Gasteiger partial charge in [-0.2, -0.15) is 0 Å². The Balaban J connectivity index is 1.65. The molecule has 2 aromatic carbocycles. The minimum absolute atomic E-state index is 0.138. The highest BCUT2D eigenvalue weighted by molar-refractivity contribution is 5.98. The third kappa shape index (κ3) is 4.22. The number of hydrogen-bond acceptors (Lipinski definition) is 3. The van der Waals surface area contributed by atoms with Crippen LogP contribution in [-0.4, -0.2) is 16.8 Å².